The summed E-state index contributed by atoms with van der Waals surface area (Å²) in [5.74, 6) is -0.322. The van der Waals surface area contributed by atoms with E-state index in [1.165, 1.54) is 12.3 Å². The molecule has 3 heterocycles. The Labute approximate surface area is 149 Å². The number of nitrogens with zero attached hydrogens (tertiary/aromatic N) is 3. The van der Waals surface area contributed by atoms with Gasteiger partial charge in [-0.05, 0) is 5.56 Å². The second-order valence-electron chi connectivity index (χ2n) is 6.05. The van der Waals surface area contributed by atoms with Crippen LogP contribution < -0.4 is 5.32 Å². The molecule has 0 fully saturated rings. The van der Waals surface area contributed by atoms with Crippen LogP contribution in [0.3, 0.4) is 0 Å². The van der Waals surface area contributed by atoms with Crippen molar-refractivity contribution in [1.29, 1.82) is 0 Å². The number of fused-ring (bicyclic) bond motifs is 1. The van der Waals surface area contributed by atoms with Gasteiger partial charge in [0, 0.05) is 36.8 Å². The molecule has 8 heteroatoms. The van der Waals surface area contributed by atoms with E-state index in [0.29, 0.717) is 31.7 Å². The van der Waals surface area contributed by atoms with E-state index < -0.39 is 0 Å². The van der Waals surface area contributed by atoms with E-state index in [9.17, 15) is 9.59 Å². The van der Waals surface area contributed by atoms with E-state index in [1.807, 2.05) is 30.3 Å². The monoisotopic (exact) mass is 351 g/mol. The third-order valence-electron chi connectivity index (χ3n) is 4.38. The average Bonchev–Trinajstić information content (AvgIpc) is 3.35. The van der Waals surface area contributed by atoms with E-state index in [-0.39, 0.29) is 17.6 Å². The summed E-state index contributed by atoms with van der Waals surface area (Å²) in [5, 5.41) is 13.5. The molecule has 8 nitrogen and oxygen atoms in total. The summed E-state index contributed by atoms with van der Waals surface area (Å²) in [5.41, 5.74) is 2.96. The minimum atomic E-state index is -0.264. The third kappa shape index (κ3) is 3.08. The first-order valence-electron chi connectivity index (χ1n) is 8.30. The molecule has 1 aliphatic rings. The van der Waals surface area contributed by atoms with Gasteiger partial charge in [0.2, 0.25) is 5.76 Å². The lowest BCUT2D eigenvalue weighted by molar-refractivity contribution is 0.0689. The fourth-order valence-electron chi connectivity index (χ4n) is 3.00. The molecule has 0 saturated heterocycles. The summed E-state index contributed by atoms with van der Waals surface area (Å²) in [6, 6.07) is 11.2. The Morgan fingerprint density at radius 2 is 2.08 bits per heavy atom. The molecule has 2 amide bonds. The summed E-state index contributed by atoms with van der Waals surface area (Å²) in [6.45, 7) is 1.25. The van der Waals surface area contributed by atoms with Crippen LogP contribution in [0.25, 0.3) is 0 Å². The highest BCUT2D eigenvalue weighted by Gasteiger charge is 2.29. The number of hydrogen-bond donors (Lipinski definition) is 2. The predicted molar refractivity (Wildman–Crippen MR) is 91.1 cm³/mol. The number of aromatic amines is 1. The van der Waals surface area contributed by atoms with Gasteiger partial charge in [0.05, 0.1) is 12.7 Å². The number of hydrogen-bond acceptors (Lipinski definition) is 5. The third-order valence-corrected chi connectivity index (χ3v) is 4.38. The van der Waals surface area contributed by atoms with Gasteiger partial charge in [-0.3, -0.25) is 14.7 Å². The number of rotatable bonds is 4. The van der Waals surface area contributed by atoms with Crippen molar-refractivity contribution < 1.29 is 14.1 Å². The molecule has 4 rings (SSSR count). The van der Waals surface area contributed by atoms with Crippen molar-refractivity contribution in [2.24, 2.45) is 0 Å². The molecular formula is C18H17N5O3. The van der Waals surface area contributed by atoms with Crippen LogP contribution >= 0.6 is 0 Å². The van der Waals surface area contributed by atoms with Crippen LogP contribution in [0, 0.1) is 0 Å². The molecule has 3 aromatic rings. The maximum absolute atomic E-state index is 12.5. The maximum Gasteiger partial charge on any atom is 0.292 e. The van der Waals surface area contributed by atoms with Gasteiger partial charge in [-0.2, -0.15) is 5.10 Å². The van der Waals surface area contributed by atoms with Gasteiger partial charge in [0.15, 0.2) is 5.69 Å². The van der Waals surface area contributed by atoms with Gasteiger partial charge in [-0.25, -0.2) is 0 Å². The summed E-state index contributed by atoms with van der Waals surface area (Å²) < 4.78 is 4.94. The highest BCUT2D eigenvalue weighted by molar-refractivity contribution is 5.95. The maximum atomic E-state index is 12.5. The number of nitrogens with one attached hydrogen (secondary N) is 2. The smallest absolute Gasteiger partial charge is 0.292 e. The zero-order valence-corrected chi connectivity index (χ0v) is 13.9. The molecule has 0 aliphatic carbocycles. The second kappa shape index (κ2) is 6.83. The zero-order chi connectivity index (χ0) is 17.9. The standard InChI is InChI=1S/C18H17N5O3/c24-17(19-10-12-4-2-1-3-5-12)16-13-11-23(9-7-14(13)21-22-16)18(25)15-6-8-20-26-15/h1-6,8H,7,9-11H2,(H,19,24)(H,21,22). The highest BCUT2D eigenvalue weighted by Crippen LogP contribution is 2.22. The summed E-state index contributed by atoms with van der Waals surface area (Å²) in [6.07, 6.45) is 2.04. The Bertz CT molecular complexity index is 918. The minimum Gasteiger partial charge on any atom is -0.351 e. The van der Waals surface area contributed by atoms with Crippen LogP contribution in [0.15, 0.2) is 47.1 Å². The topological polar surface area (TPSA) is 104 Å². The van der Waals surface area contributed by atoms with E-state index in [4.69, 9.17) is 4.52 Å². The van der Waals surface area contributed by atoms with E-state index in [1.54, 1.807) is 4.90 Å². The van der Waals surface area contributed by atoms with E-state index in [2.05, 4.69) is 20.7 Å². The molecule has 0 spiro atoms. The van der Waals surface area contributed by atoms with Crippen molar-refractivity contribution in [3.8, 4) is 0 Å². The largest absolute Gasteiger partial charge is 0.351 e. The van der Waals surface area contributed by atoms with Crippen LogP contribution in [0.1, 0.15) is 37.9 Å². The number of carbonyl (C=O) groups is 2. The lowest BCUT2D eigenvalue weighted by Crippen LogP contribution is -2.36. The second-order valence-corrected chi connectivity index (χ2v) is 6.05. The Kier molecular flexibility index (Phi) is 4.22. The molecule has 26 heavy (non-hydrogen) atoms. The average molecular weight is 351 g/mol. The highest BCUT2D eigenvalue weighted by atomic mass is 16.5. The van der Waals surface area contributed by atoms with Crippen molar-refractivity contribution in [3.63, 3.8) is 0 Å². The van der Waals surface area contributed by atoms with E-state index in [0.717, 1.165) is 16.8 Å². The summed E-state index contributed by atoms with van der Waals surface area (Å²) in [7, 11) is 0. The van der Waals surface area contributed by atoms with Gasteiger partial charge in [-0.1, -0.05) is 35.5 Å². The molecule has 0 atom stereocenters. The Hall–Kier alpha value is -3.42. The molecule has 2 aromatic heterocycles. The molecule has 0 unspecified atom stereocenters. The van der Waals surface area contributed by atoms with Gasteiger partial charge in [0.25, 0.3) is 11.8 Å². The first-order chi connectivity index (χ1) is 12.7. The van der Waals surface area contributed by atoms with Crippen LogP contribution in [0.5, 0.6) is 0 Å². The minimum absolute atomic E-state index is 0.187. The van der Waals surface area contributed by atoms with Crippen molar-refractivity contribution in [1.82, 2.24) is 25.6 Å². The Balaban J connectivity index is 1.48. The number of aromatic nitrogens is 3. The van der Waals surface area contributed by atoms with Gasteiger partial charge >= 0.3 is 0 Å². The Morgan fingerprint density at radius 3 is 2.85 bits per heavy atom. The first-order valence-corrected chi connectivity index (χ1v) is 8.30. The SMILES string of the molecule is O=C(NCc1ccccc1)c1n[nH]c2c1CN(C(=O)c1ccno1)CC2. The molecule has 2 N–H and O–H groups in total. The number of amides is 2. The Morgan fingerprint density at radius 1 is 1.23 bits per heavy atom. The van der Waals surface area contributed by atoms with Crippen LogP contribution in [0.4, 0.5) is 0 Å². The molecule has 132 valence electrons. The first kappa shape index (κ1) is 16.1. The fourth-order valence-corrected chi connectivity index (χ4v) is 3.00. The fraction of sp³-hybridized carbons (Fsp3) is 0.222. The van der Waals surface area contributed by atoms with Crippen LogP contribution in [0.2, 0.25) is 0 Å². The molecule has 0 saturated carbocycles. The van der Waals surface area contributed by atoms with E-state index >= 15 is 0 Å². The predicted octanol–water partition coefficient (Wildman–Crippen LogP) is 1.53. The van der Waals surface area contributed by atoms with Gasteiger partial charge < -0.3 is 14.7 Å². The van der Waals surface area contributed by atoms with Crippen molar-refractivity contribution in [2.45, 2.75) is 19.5 Å². The number of H-pyrrole nitrogens is 1. The molecular weight excluding hydrogens is 334 g/mol. The number of benzene rings is 1. The molecule has 0 radical (unpaired) electrons. The van der Waals surface area contributed by atoms with Crippen LogP contribution in [-0.2, 0) is 19.5 Å². The summed E-state index contributed by atoms with van der Waals surface area (Å²) >= 11 is 0. The summed E-state index contributed by atoms with van der Waals surface area (Å²) in [4.78, 5) is 26.6. The van der Waals surface area contributed by atoms with Crippen LogP contribution in [-0.4, -0.2) is 38.6 Å². The van der Waals surface area contributed by atoms with Gasteiger partial charge in [-0.15, -0.1) is 0 Å². The lowest BCUT2D eigenvalue weighted by atomic mass is 10.0. The zero-order valence-electron chi connectivity index (χ0n) is 13.9. The molecule has 0 bridgehead atoms. The molecule has 1 aliphatic heterocycles. The van der Waals surface area contributed by atoms with Gasteiger partial charge in [0.1, 0.15) is 0 Å². The van der Waals surface area contributed by atoms with Crippen molar-refractivity contribution >= 4 is 11.8 Å². The normalized spacial score (nSPS) is 13.3. The lowest BCUT2D eigenvalue weighted by Gasteiger charge is -2.26. The number of carbonyl (C=O) groups excluding carboxylic acids is 2. The van der Waals surface area contributed by atoms with Crippen molar-refractivity contribution in [2.75, 3.05) is 6.54 Å². The molecule has 1 aromatic carbocycles. The van der Waals surface area contributed by atoms with Crippen molar-refractivity contribution in [3.05, 3.63) is 70.9 Å². The quantitative estimate of drug-likeness (QED) is 0.742.